The number of hydrogen-bond donors (Lipinski definition) is 0. The summed E-state index contributed by atoms with van der Waals surface area (Å²) in [5.74, 6) is -0.920. The summed E-state index contributed by atoms with van der Waals surface area (Å²) in [6.45, 7) is 32.6. The molecule has 0 bridgehead atoms. The second kappa shape index (κ2) is 72.0. The lowest BCUT2D eigenvalue weighted by atomic mass is 10.0. The number of carbonyl (C=O) groups excluding carboxylic acids is 1. The molecule has 0 aliphatic rings. The third kappa shape index (κ3) is 66.6. The van der Waals surface area contributed by atoms with Gasteiger partial charge in [0.05, 0.1) is 52.4 Å². The molecule has 0 unspecified atom stereocenters. The number of hydrogen-bond acceptors (Lipinski definition) is 2. The van der Waals surface area contributed by atoms with Gasteiger partial charge < -0.3 is 35.8 Å². The van der Waals surface area contributed by atoms with Crippen LogP contribution in [0.25, 0.3) is 0 Å². The molecule has 77 heavy (non-hydrogen) atoms. The molecule has 0 aromatic carbocycles. The van der Waals surface area contributed by atoms with Crippen LogP contribution < -0.4 is 22.1 Å². The van der Waals surface area contributed by atoms with Gasteiger partial charge in [-0.05, 0) is 116 Å². The third-order valence-corrected chi connectivity index (χ3v) is 17.4. The standard InChI is InChI=1S/2C32H68N.C8H16O2.BrH/c2*1-5-9-13-17-21-25-29-33(30-26-22-18-14-10-6-2,31-27-23-19-15-11-7-3)32-28-24-20-16-12-8-4;1-2-3-4-5-6-7-8(9)10;/h2*5-32H2,1-4H3;2-7H2,1H3,(H,9,10);1H/q2*+1;;/p-2. The lowest BCUT2D eigenvalue weighted by Gasteiger charge is -2.40. The Morgan fingerprint density at radius 3 is 0.455 bits per heavy atom. The van der Waals surface area contributed by atoms with Gasteiger partial charge in [-0.15, -0.1) is 0 Å². The first kappa shape index (κ1) is 83.3. The molecule has 0 spiro atoms. The fraction of sp³-hybridized carbons (Fsp3) is 0.986. The Morgan fingerprint density at radius 2 is 0.325 bits per heavy atom. The van der Waals surface area contributed by atoms with Crippen molar-refractivity contribution in [1.29, 1.82) is 0 Å². The minimum Gasteiger partial charge on any atom is -1.00 e. The van der Waals surface area contributed by atoms with E-state index in [0.29, 0.717) is 0 Å². The molecule has 4 nitrogen and oxygen atoms in total. The molecule has 0 amide bonds. The summed E-state index contributed by atoms with van der Waals surface area (Å²) in [7, 11) is 0. The average molecular weight is 1160 g/mol. The van der Waals surface area contributed by atoms with Crippen LogP contribution in [0.5, 0.6) is 0 Å². The Kier molecular flexibility index (Phi) is 77.9. The summed E-state index contributed by atoms with van der Waals surface area (Å²) < 4.78 is 2.95. The van der Waals surface area contributed by atoms with Gasteiger partial charge in [0.25, 0.3) is 0 Å². The lowest BCUT2D eigenvalue weighted by Crippen LogP contribution is -3.00. The monoisotopic (exact) mass is 1160 g/mol. The van der Waals surface area contributed by atoms with Gasteiger partial charge in [0.15, 0.2) is 0 Å². The van der Waals surface area contributed by atoms with Crippen LogP contribution in [0, 0.1) is 0 Å². The summed E-state index contributed by atoms with van der Waals surface area (Å²) >= 11 is 0. The van der Waals surface area contributed by atoms with Gasteiger partial charge in [0.1, 0.15) is 0 Å². The topological polar surface area (TPSA) is 40.1 Å². The molecule has 0 aromatic heterocycles. The maximum atomic E-state index is 9.92. The van der Waals surface area contributed by atoms with Crippen molar-refractivity contribution in [2.45, 2.75) is 409 Å². The fourth-order valence-corrected chi connectivity index (χ4v) is 12.0. The SMILES string of the molecule is CCCCCCCC(=O)[O-].CCCCCCCC[N+](CCCCCCCC)(CCCCCCCC)CCCCCCCC.CCCCCCCC[N+](CCCCCCCC)(CCCCCCCC)CCCCCCCC.[Br-]. The Bertz CT molecular complexity index is 831. The fourth-order valence-electron chi connectivity index (χ4n) is 12.0. The van der Waals surface area contributed by atoms with Crippen LogP contribution in [-0.4, -0.2) is 67.3 Å². The molecule has 0 radical (unpaired) electrons. The molecular weight excluding hydrogens is 1000 g/mol. The van der Waals surface area contributed by atoms with Crippen LogP contribution in [0.2, 0.25) is 0 Å². The molecule has 0 N–H and O–H groups in total. The van der Waals surface area contributed by atoms with Crippen LogP contribution in [0.1, 0.15) is 409 Å². The van der Waals surface area contributed by atoms with Gasteiger partial charge in [0.2, 0.25) is 0 Å². The summed E-state index contributed by atoms with van der Waals surface area (Å²) in [6, 6.07) is 0. The van der Waals surface area contributed by atoms with Crippen molar-refractivity contribution >= 4 is 5.97 Å². The van der Waals surface area contributed by atoms with Crippen molar-refractivity contribution in [2.75, 3.05) is 52.4 Å². The Labute approximate surface area is 500 Å². The number of quaternary nitrogens is 2. The highest BCUT2D eigenvalue weighted by Gasteiger charge is 2.27. The second-order valence-electron chi connectivity index (χ2n) is 25.2. The predicted octanol–water partition coefficient (Wildman–Crippen LogP) is 20.6. The smallest absolute Gasteiger partial charge is 0.0786 e. The molecule has 0 atom stereocenters. The van der Waals surface area contributed by atoms with E-state index >= 15 is 0 Å². The molecule has 0 aromatic rings. The molecule has 468 valence electrons. The van der Waals surface area contributed by atoms with Crippen molar-refractivity contribution in [3.8, 4) is 0 Å². The van der Waals surface area contributed by atoms with E-state index in [9.17, 15) is 9.90 Å². The highest BCUT2D eigenvalue weighted by Crippen LogP contribution is 2.23. The molecule has 0 aliphatic heterocycles. The lowest BCUT2D eigenvalue weighted by molar-refractivity contribution is -0.929. The van der Waals surface area contributed by atoms with Gasteiger partial charge in [-0.1, -0.05) is 293 Å². The van der Waals surface area contributed by atoms with E-state index < -0.39 is 5.97 Å². The predicted molar refractivity (Wildman–Crippen MR) is 345 cm³/mol. The van der Waals surface area contributed by atoms with Crippen LogP contribution in [0.4, 0.5) is 0 Å². The Balaban J connectivity index is -0.000000580. The van der Waals surface area contributed by atoms with Crippen LogP contribution in [-0.2, 0) is 4.79 Å². The quantitative estimate of drug-likeness (QED) is 0.0450. The summed E-state index contributed by atoms with van der Waals surface area (Å²) in [5.41, 5.74) is 0. The van der Waals surface area contributed by atoms with Crippen molar-refractivity contribution in [3.63, 3.8) is 0 Å². The maximum absolute atomic E-state index is 9.92. The van der Waals surface area contributed by atoms with E-state index in [1.807, 2.05) is 0 Å². The Morgan fingerprint density at radius 1 is 0.208 bits per heavy atom. The van der Waals surface area contributed by atoms with E-state index in [1.165, 1.54) is 382 Å². The van der Waals surface area contributed by atoms with Crippen LogP contribution in [0.3, 0.4) is 0 Å². The molecule has 0 rings (SSSR count). The summed E-state index contributed by atoms with van der Waals surface area (Å²) in [4.78, 5) is 9.92. The highest BCUT2D eigenvalue weighted by molar-refractivity contribution is 5.64. The van der Waals surface area contributed by atoms with Gasteiger partial charge in [-0.3, -0.25) is 0 Å². The number of carbonyl (C=O) groups is 1. The average Bonchev–Trinajstić information content (AvgIpc) is 3.42. The van der Waals surface area contributed by atoms with Crippen LogP contribution >= 0.6 is 0 Å². The number of nitrogens with zero attached hydrogens (tertiary/aromatic N) is 2. The first-order chi connectivity index (χ1) is 37.3. The van der Waals surface area contributed by atoms with E-state index in [-0.39, 0.29) is 23.4 Å². The zero-order valence-corrected chi connectivity index (χ0v) is 57.0. The number of carboxylic acids is 1. The molecule has 0 saturated carbocycles. The van der Waals surface area contributed by atoms with Crippen molar-refractivity contribution in [2.24, 2.45) is 0 Å². The van der Waals surface area contributed by atoms with E-state index in [2.05, 4.69) is 62.3 Å². The number of aliphatic carboxylic acids is 1. The number of carboxylic acid groups (broad SMARTS) is 1. The van der Waals surface area contributed by atoms with E-state index in [0.717, 1.165) is 19.3 Å². The number of rotatable bonds is 62. The minimum atomic E-state index is -0.920. The number of halogens is 1. The van der Waals surface area contributed by atoms with Crippen LogP contribution in [0.15, 0.2) is 0 Å². The molecule has 0 fully saturated rings. The summed E-state index contributed by atoms with van der Waals surface area (Å²) in [5, 5.41) is 9.92. The first-order valence-electron chi connectivity index (χ1n) is 36.2. The number of unbranched alkanes of at least 4 members (excludes halogenated alkanes) is 44. The molecule has 0 heterocycles. The van der Waals surface area contributed by atoms with Crippen molar-refractivity contribution in [3.05, 3.63) is 0 Å². The molecule has 5 heteroatoms. The van der Waals surface area contributed by atoms with Gasteiger partial charge in [0, 0.05) is 5.97 Å². The largest absolute Gasteiger partial charge is 1.00 e. The van der Waals surface area contributed by atoms with Gasteiger partial charge in [-0.2, -0.15) is 0 Å². The normalized spacial score (nSPS) is 11.5. The first-order valence-corrected chi connectivity index (χ1v) is 36.2. The molecular formula is C72H151BrN2O2. The van der Waals surface area contributed by atoms with Crippen molar-refractivity contribution < 1.29 is 35.8 Å². The van der Waals surface area contributed by atoms with E-state index in [1.54, 1.807) is 0 Å². The van der Waals surface area contributed by atoms with Gasteiger partial charge >= 0.3 is 0 Å². The summed E-state index contributed by atoms with van der Waals surface area (Å²) in [6.07, 6.45) is 75.1. The molecule has 0 aliphatic carbocycles. The second-order valence-corrected chi connectivity index (χ2v) is 25.2. The third-order valence-electron chi connectivity index (χ3n) is 17.4. The highest BCUT2D eigenvalue weighted by atomic mass is 79.9. The Hall–Kier alpha value is -0.130. The zero-order chi connectivity index (χ0) is 56.4. The van der Waals surface area contributed by atoms with E-state index in [4.69, 9.17) is 0 Å². The van der Waals surface area contributed by atoms with Gasteiger partial charge in [-0.25, -0.2) is 0 Å². The zero-order valence-electron chi connectivity index (χ0n) is 55.4. The minimum absolute atomic E-state index is 0. The van der Waals surface area contributed by atoms with Crippen molar-refractivity contribution in [1.82, 2.24) is 0 Å². The maximum Gasteiger partial charge on any atom is 0.0786 e. The molecule has 0 saturated heterocycles.